The van der Waals surface area contributed by atoms with Crippen molar-refractivity contribution in [1.29, 1.82) is 0 Å². The molecule has 114 valence electrons. The van der Waals surface area contributed by atoms with Crippen LogP contribution in [0.5, 0.6) is 11.5 Å². The fraction of sp³-hybridized carbons (Fsp3) is 0.125. The van der Waals surface area contributed by atoms with Crippen LogP contribution in [0.4, 0.5) is 0 Å². The maximum atomic E-state index is 5.24. The second-order valence-electron chi connectivity index (χ2n) is 4.42. The molecule has 0 unspecified atom stereocenters. The molecule has 1 aromatic heterocycles. The Morgan fingerprint density at radius 1 is 0.591 bits per heavy atom. The highest BCUT2D eigenvalue weighted by molar-refractivity contribution is 8.08. The number of hydrogen-bond acceptors (Lipinski definition) is 6. The SMILES string of the molecule is COc1ccc(-c2ssssc2-c2ccc(OC)cc2)cc1. The molecule has 2 nitrogen and oxygen atoms in total. The molecule has 0 fully saturated rings. The molecule has 0 aliphatic heterocycles. The van der Waals surface area contributed by atoms with Crippen LogP contribution in [0, 0.1) is 0 Å². The molecule has 6 heteroatoms. The van der Waals surface area contributed by atoms with Crippen LogP contribution in [0.25, 0.3) is 20.9 Å². The molecule has 0 saturated heterocycles. The molecular formula is C16H14O2S4. The lowest BCUT2D eigenvalue weighted by atomic mass is 10.1. The van der Waals surface area contributed by atoms with Gasteiger partial charge in [0.1, 0.15) is 11.5 Å². The van der Waals surface area contributed by atoms with Crippen molar-refractivity contribution in [1.82, 2.24) is 0 Å². The van der Waals surface area contributed by atoms with Crippen molar-refractivity contribution in [2.75, 3.05) is 14.2 Å². The first-order valence-electron chi connectivity index (χ1n) is 6.53. The third kappa shape index (κ3) is 3.35. The molecule has 0 aliphatic rings. The minimum absolute atomic E-state index is 0.880. The molecule has 2 aromatic carbocycles. The van der Waals surface area contributed by atoms with Crippen molar-refractivity contribution in [3.63, 3.8) is 0 Å². The predicted molar refractivity (Wildman–Crippen MR) is 99.6 cm³/mol. The molecule has 3 rings (SSSR count). The van der Waals surface area contributed by atoms with Crippen LogP contribution in [0.3, 0.4) is 0 Å². The first-order chi connectivity index (χ1) is 10.8. The van der Waals surface area contributed by atoms with E-state index in [1.165, 1.54) is 20.9 Å². The smallest absolute Gasteiger partial charge is 0.118 e. The summed E-state index contributed by atoms with van der Waals surface area (Å²) in [7, 11) is 10.6. The lowest BCUT2D eigenvalue weighted by Gasteiger charge is -2.08. The van der Waals surface area contributed by atoms with Crippen molar-refractivity contribution in [2.24, 2.45) is 0 Å². The number of benzene rings is 2. The fourth-order valence-corrected chi connectivity index (χ4v) is 8.50. The number of ether oxygens (including phenoxy) is 2. The Bertz CT molecular complexity index is 691. The summed E-state index contributed by atoms with van der Waals surface area (Å²) in [6.07, 6.45) is 0. The molecule has 22 heavy (non-hydrogen) atoms. The Kier molecular flexibility index (Phi) is 5.15. The Labute approximate surface area is 143 Å². The minimum atomic E-state index is 0.880. The van der Waals surface area contributed by atoms with E-state index in [-0.39, 0.29) is 0 Å². The van der Waals surface area contributed by atoms with Gasteiger partial charge in [-0.3, -0.25) is 0 Å². The van der Waals surface area contributed by atoms with Crippen molar-refractivity contribution in [3.8, 4) is 32.4 Å². The van der Waals surface area contributed by atoms with Gasteiger partial charge in [-0.05, 0) is 78.3 Å². The van der Waals surface area contributed by atoms with Crippen LogP contribution in [0.15, 0.2) is 48.5 Å². The van der Waals surface area contributed by atoms with E-state index in [0.717, 1.165) is 11.5 Å². The van der Waals surface area contributed by atoms with E-state index >= 15 is 0 Å². The number of rotatable bonds is 4. The highest BCUT2D eigenvalue weighted by Crippen LogP contribution is 2.42. The van der Waals surface area contributed by atoms with Crippen LogP contribution in [0.1, 0.15) is 0 Å². The molecular weight excluding hydrogens is 352 g/mol. The van der Waals surface area contributed by atoms with Crippen molar-refractivity contribution < 1.29 is 9.47 Å². The van der Waals surface area contributed by atoms with Gasteiger partial charge in [-0.1, -0.05) is 20.7 Å². The van der Waals surface area contributed by atoms with Crippen LogP contribution >= 0.6 is 39.4 Å². The average Bonchev–Trinajstić information content (AvgIpc) is 2.62. The van der Waals surface area contributed by atoms with Crippen molar-refractivity contribution >= 4 is 39.4 Å². The molecule has 0 radical (unpaired) electrons. The molecule has 0 aliphatic carbocycles. The lowest BCUT2D eigenvalue weighted by Crippen LogP contribution is -1.84. The van der Waals surface area contributed by atoms with E-state index < -0.39 is 0 Å². The van der Waals surface area contributed by atoms with Crippen LogP contribution in [0.2, 0.25) is 0 Å². The minimum Gasteiger partial charge on any atom is -0.497 e. The second kappa shape index (κ2) is 7.28. The summed E-state index contributed by atoms with van der Waals surface area (Å²) in [6, 6.07) is 16.5. The lowest BCUT2D eigenvalue weighted by molar-refractivity contribution is 0.414. The van der Waals surface area contributed by atoms with Crippen molar-refractivity contribution in [2.45, 2.75) is 0 Å². The van der Waals surface area contributed by atoms with Gasteiger partial charge in [0.25, 0.3) is 0 Å². The van der Waals surface area contributed by atoms with Gasteiger partial charge in [-0.15, -0.1) is 0 Å². The molecule has 0 atom stereocenters. The third-order valence-electron chi connectivity index (χ3n) is 3.17. The highest BCUT2D eigenvalue weighted by atomic mass is 33.4. The van der Waals surface area contributed by atoms with Gasteiger partial charge in [0.05, 0.1) is 24.0 Å². The van der Waals surface area contributed by atoms with E-state index in [0.29, 0.717) is 0 Å². The van der Waals surface area contributed by atoms with E-state index in [1.54, 1.807) is 32.9 Å². The monoisotopic (exact) mass is 366 g/mol. The zero-order valence-corrected chi connectivity index (χ0v) is 15.3. The summed E-state index contributed by atoms with van der Waals surface area (Å²) in [5.41, 5.74) is 2.44. The summed E-state index contributed by atoms with van der Waals surface area (Å²) in [6.45, 7) is 0. The zero-order chi connectivity index (χ0) is 15.4. The van der Waals surface area contributed by atoms with Crippen LogP contribution in [-0.2, 0) is 0 Å². The summed E-state index contributed by atoms with van der Waals surface area (Å²) in [5, 5.41) is 0. The van der Waals surface area contributed by atoms with Gasteiger partial charge in [0.2, 0.25) is 0 Å². The maximum Gasteiger partial charge on any atom is 0.118 e. The Hall–Kier alpha value is -1.34. The Balaban J connectivity index is 2.04. The average molecular weight is 367 g/mol. The summed E-state index contributed by atoms with van der Waals surface area (Å²) >= 11 is 0. The predicted octanol–water partition coefficient (Wildman–Crippen LogP) is 6.41. The standard InChI is InChI=1S/C16H14O2S4/c1-17-13-7-3-11(4-8-13)15-16(20-22-21-19-15)12-5-9-14(18-2)10-6-12/h3-10H,1-2H3. The second-order valence-corrected chi connectivity index (χ2v) is 10.1. The number of methoxy groups -OCH3 is 2. The molecule has 0 N–H and O–H groups in total. The van der Waals surface area contributed by atoms with Crippen LogP contribution in [-0.4, -0.2) is 14.2 Å². The van der Waals surface area contributed by atoms with Crippen LogP contribution < -0.4 is 9.47 Å². The fourth-order valence-electron chi connectivity index (χ4n) is 2.01. The highest BCUT2D eigenvalue weighted by Gasteiger charge is 2.10. The first kappa shape index (κ1) is 15.6. The van der Waals surface area contributed by atoms with Gasteiger partial charge in [0.15, 0.2) is 0 Å². The summed E-state index contributed by atoms with van der Waals surface area (Å²) in [4.78, 5) is 2.59. The molecule has 0 saturated carbocycles. The quantitative estimate of drug-likeness (QED) is 0.497. The normalized spacial score (nSPS) is 10.3. The van der Waals surface area contributed by atoms with Gasteiger partial charge >= 0.3 is 0 Å². The molecule has 3 aromatic rings. The Morgan fingerprint density at radius 3 is 1.27 bits per heavy atom. The summed E-state index contributed by atoms with van der Waals surface area (Å²) < 4.78 is 10.5. The zero-order valence-electron chi connectivity index (χ0n) is 12.1. The van der Waals surface area contributed by atoms with Gasteiger partial charge in [-0.2, -0.15) is 0 Å². The van der Waals surface area contributed by atoms with E-state index in [9.17, 15) is 0 Å². The topological polar surface area (TPSA) is 18.5 Å². The van der Waals surface area contributed by atoms with Crippen molar-refractivity contribution in [3.05, 3.63) is 48.5 Å². The largest absolute Gasteiger partial charge is 0.497 e. The van der Waals surface area contributed by atoms with E-state index in [4.69, 9.17) is 9.47 Å². The molecule has 0 bridgehead atoms. The first-order valence-corrected chi connectivity index (χ1v) is 11.3. The third-order valence-corrected chi connectivity index (χ3v) is 9.51. The van der Waals surface area contributed by atoms with Gasteiger partial charge in [-0.25, -0.2) is 0 Å². The van der Waals surface area contributed by atoms with Gasteiger partial charge < -0.3 is 9.47 Å². The van der Waals surface area contributed by atoms with E-state index in [1.807, 2.05) is 44.9 Å². The molecule has 0 spiro atoms. The molecule has 0 amide bonds. The summed E-state index contributed by atoms with van der Waals surface area (Å²) in [5.74, 6) is 1.76. The number of hydrogen-bond donors (Lipinski definition) is 0. The van der Waals surface area contributed by atoms with Gasteiger partial charge in [0, 0.05) is 0 Å². The van der Waals surface area contributed by atoms with E-state index in [2.05, 4.69) is 24.3 Å². The molecule has 1 heterocycles. The maximum absolute atomic E-state index is 5.24. The Morgan fingerprint density at radius 2 is 0.955 bits per heavy atom.